The first-order chi connectivity index (χ1) is 13.5. The molecule has 0 aliphatic carbocycles. The lowest BCUT2D eigenvalue weighted by Crippen LogP contribution is -2.01. The van der Waals surface area contributed by atoms with Crippen molar-refractivity contribution >= 4 is 11.9 Å². The van der Waals surface area contributed by atoms with Crippen molar-refractivity contribution in [1.82, 2.24) is 0 Å². The van der Waals surface area contributed by atoms with Crippen molar-refractivity contribution in [3.63, 3.8) is 0 Å². The highest BCUT2D eigenvalue weighted by atomic mass is 16.5. The Balaban J connectivity index is 1.65. The summed E-state index contributed by atoms with van der Waals surface area (Å²) in [5, 5.41) is 0. The number of benzene rings is 3. The fourth-order valence-electron chi connectivity index (χ4n) is 2.38. The summed E-state index contributed by atoms with van der Waals surface area (Å²) >= 11 is 0. The first-order valence-corrected chi connectivity index (χ1v) is 8.51. The number of ether oxygens (including phenoxy) is 4. The molecule has 3 aromatic carbocycles. The lowest BCUT2D eigenvalue weighted by molar-refractivity contribution is -0.132. The molecule has 0 fully saturated rings. The van der Waals surface area contributed by atoms with Gasteiger partial charge in [-0.3, -0.25) is 9.59 Å². The van der Waals surface area contributed by atoms with E-state index < -0.39 is 11.9 Å². The lowest BCUT2D eigenvalue weighted by atomic mass is 10.3. The highest BCUT2D eigenvalue weighted by molar-refractivity contribution is 5.69. The highest BCUT2D eigenvalue weighted by Crippen LogP contribution is 2.29. The van der Waals surface area contributed by atoms with Gasteiger partial charge in [0.15, 0.2) is 0 Å². The van der Waals surface area contributed by atoms with Gasteiger partial charge in [-0.2, -0.15) is 0 Å². The third kappa shape index (κ3) is 5.60. The summed E-state index contributed by atoms with van der Waals surface area (Å²) in [4.78, 5) is 22.1. The number of carbonyl (C=O) groups is 2. The minimum atomic E-state index is -0.392. The van der Waals surface area contributed by atoms with Gasteiger partial charge in [0.2, 0.25) is 0 Å². The minimum absolute atomic E-state index is 0.392. The second kappa shape index (κ2) is 8.73. The zero-order valence-corrected chi connectivity index (χ0v) is 15.4. The Bertz CT molecular complexity index is 898. The van der Waals surface area contributed by atoms with E-state index >= 15 is 0 Å². The summed E-state index contributed by atoms with van der Waals surface area (Å²) in [5.74, 6) is 2.33. The third-order valence-electron chi connectivity index (χ3n) is 3.43. The maximum absolute atomic E-state index is 11.0. The van der Waals surface area contributed by atoms with Crippen LogP contribution in [0.2, 0.25) is 0 Å². The van der Waals surface area contributed by atoms with Gasteiger partial charge >= 0.3 is 11.9 Å². The molecule has 0 aliphatic rings. The van der Waals surface area contributed by atoms with Crippen molar-refractivity contribution in [2.45, 2.75) is 13.8 Å². The molecule has 6 heteroatoms. The van der Waals surface area contributed by atoms with Crippen molar-refractivity contribution < 1.29 is 28.5 Å². The van der Waals surface area contributed by atoms with Gasteiger partial charge in [-0.1, -0.05) is 12.1 Å². The molecule has 3 rings (SSSR count). The van der Waals surface area contributed by atoms with Crippen LogP contribution in [0, 0.1) is 0 Å². The van der Waals surface area contributed by atoms with Crippen LogP contribution in [0.1, 0.15) is 13.8 Å². The normalized spacial score (nSPS) is 10.1. The van der Waals surface area contributed by atoms with Crippen LogP contribution in [-0.4, -0.2) is 11.9 Å². The first kappa shape index (κ1) is 19.0. The van der Waals surface area contributed by atoms with E-state index in [0.29, 0.717) is 34.5 Å². The summed E-state index contributed by atoms with van der Waals surface area (Å²) in [7, 11) is 0. The smallest absolute Gasteiger partial charge is 0.308 e. The van der Waals surface area contributed by atoms with Crippen LogP contribution in [0.3, 0.4) is 0 Å². The Hall–Kier alpha value is -3.80. The molecule has 0 saturated heterocycles. The van der Waals surface area contributed by atoms with Gasteiger partial charge in [-0.25, -0.2) is 0 Å². The third-order valence-corrected chi connectivity index (χ3v) is 3.43. The number of esters is 2. The Morgan fingerprint density at radius 1 is 0.536 bits per heavy atom. The van der Waals surface area contributed by atoms with Crippen molar-refractivity contribution in [2.24, 2.45) is 0 Å². The molecule has 0 unspecified atom stereocenters. The van der Waals surface area contributed by atoms with Crippen molar-refractivity contribution in [1.29, 1.82) is 0 Å². The Kier molecular flexibility index (Phi) is 5.91. The molecular weight excluding hydrogens is 360 g/mol. The Morgan fingerprint density at radius 3 is 1.25 bits per heavy atom. The van der Waals surface area contributed by atoms with Crippen LogP contribution in [0.25, 0.3) is 0 Å². The lowest BCUT2D eigenvalue weighted by Gasteiger charge is -2.10. The molecule has 28 heavy (non-hydrogen) atoms. The van der Waals surface area contributed by atoms with Gasteiger partial charge < -0.3 is 18.9 Å². The number of hydrogen-bond acceptors (Lipinski definition) is 6. The highest BCUT2D eigenvalue weighted by Gasteiger charge is 2.05. The topological polar surface area (TPSA) is 71.1 Å². The number of rotatable bonds is 6. The molecule has 0 N–H and O–H groups in total. The number of carbonyl (C=O) groups excluding carboxylic acids is 2. The van der Waals surface area contributed by atoms with Crippen molar-refractivity contribution in [3.05, 3.63) is 72.8 Å². The van der Waals surface area contributed by atoms with Crippen LogP contribution in [0.4, 0.5) is 0 Å². The molecule has 0 radical (unpaired) electrons. The zero-order chi connectivity index (χ0) is 19.9. The molecule has 0 bridgehead atoms. The number of hydrogen-bond donors (Lipinski definition) is 0. The average Bonchev–Trinajstić information content (AvgIpc) is 2.63. The second-order valence-electron chi connectivity index (χ2n) is 5.81. The standard InChI is InChI=1S/C22H18O6/c1-15(23)25-19-5-3-7-21(13-19)27-17-9-11-18(12-10-17)28-22-8-4-6-20(14-22)26-16(2)24/h3-14H,1-2H3. The zero-order valence-electron chi connectivity index (χ0n) is 15.4. The quantitative estimate of drug-likeness (QED) is 0.438. The summed E-state index contributed by atoms with van der Waals surface area (Å²) in [5.41, 5.74) is 0. The Morgan fingerprint density at radius 2 is 0.893 bits per heavy atom. The molecule has 3 aromatic rings. The van der Waals surface area contributed by atoms with E-state index in [4.69, 9.17) is 18.9 Å². The van der Waals surface area contributed by atoms with Gasteiger partial charge in [0.1, 0.15) is 34.5 Å². The fourth-order valence-corrected chi connectivity index (χ4v) is 2.38. The van der Waals surface area contributed by atoms with Gasteiger partial charge in [0.05, 0.1) is 0 Å². The van der Waals surface area contributed by atoms with Gasteiger partial charge in [-0.15, -0.1) is 0 Å². The second-order valence-corrected chi connectivity index (χ2v) is 5.81. The van der Waals surface area contributed by atoms with E-state index in [1.54, 1.807) is 72.8 Å². The molecule has 0 spiro atoms. The predicted octanol–water partition coefficient (Wildman–Crippen LogP) is 5.12. The van der Waals surface area contributed by atoms with Crippen molar-refractivity contribution in [2.75, 3.05) is 0 Å². The molecule has 0 atom stereocenters. The van der Waals surface area contributed by atoms with Crippen LogP contribution in [0.15, 0.2) is 72.8 Å². The molecule has 0 heterocycles. The van der Waals surface area contributed by atoms with Gasteiger partial charge in [-0.05, 0) is 48.5 Å². The van der Waals surface area contributed by atoms with E-state index in [-0.39, 0.29) is 0 Å². The van der Waals surface area contributed by atoms with Crippen LogP contribution in [-0.2, 0) is 9.59 Å². The summed E-state index contributed by atoms with van der Waals surface area (Å²) < 4.78 is 21.6. The largest absolute Gasteiger partial charge is 0.457 e. The summed E-state index contributed by atoms with van der Waals surface area (Å²) in [6.07, 6.45) is 0. The van der Waals surface area contributed by atoms with E-state index in [1.165, 1.54) is 13.8 Å². The van der Waals surface area contributed by atoms with Crippen molar-refractivity contribution in [3.8, 4) is 34.5 Å². The molecule has 0 aliphatic heterocycles. The summed E-state index contributed by atoms with van der Waals surface area (Å²) in [6, 6.07) is 20.6. The van der Waals surface area contributed by atoms with Gasteiger partial charge in [0.25, 0.3) is 0 Å². The van der Waals surface area contributed by atoms with E-state index in [0.717, 1.165) is 0 Å². The molecule has 142 valence electrons. The van der Waals surface area contributed by atoms with Crippen LogP contribution in [0.5, 0.6) is 34.5 Å². The SMILES string of the molecule is CC(=O)Oc1cccc(Oc2ccc(Oc3cccc(OC(C)=O)c3)cc2)c1. The summed E-state index contributed by atoms with van der Waals surface area (Å²) in [6.45, 7) is 2.68. The maximum Gasteiger partial charge on any atom is 0.308 e. The molecule has 0 amide bonds. The van der Waals surface area contributed by atoms with E-state index in [2.05, 4.69) is 0 Å². The molecular formula is C22H18O6. The molecule has 6 nitrogen and oxygen atoms in total. The minimum Gasteiger partial charge on any atom is -0.457 e. The maximum atomic E-state index is 11.0. The first-order valence-electron chi connectivity index (χ1n) is 8.51. The Labute approximate surface area is 162 Å². The fraction of sp³-hybridized carbons (Fsp3) is 0.0909. The molecule has 0 saturated carbocycles. The average molecular weight is 378 g/mol. The monoisotopic (exact) mass is 378 g/mol. The predicted molar refractivity (Wildman–Crippen MR) is 102 cm³/mol. The molecule has 0 aromatic heterocycles. The van der Waals surface area contributed by atoms with Crippen LogP contribution >= 0.6 is 0 Å². The van der Waals surface area contributed by atoms with E-state index in [9.17, 15) is 9.59 Å². The van der Waals surface area contributed by atoms with E-state index in [1.807, 2.05) is 0 Å². The van der Waals surface area contributed by atoms with Gasteiger partial charge in [0, 0.05) is 26.0 Å². The van der Waals surface area contributed by atoms with Crippen LogP contribution < -0.4 is 18.9 Å².